The van der Waals surface area contributed by atoms with Crippen molar-refractivity contribution in [1.29, 1.82) is 0 Å². The van der Waals surface area contributed by atoms with Crippen molar-refractivity contribution in [1.82, 2.24) is 19.5 Å². The zero-order chi connectivity index (χ0) is 36.3. The molecular formula is C51H32N4. The molecule has 0 amide bonds. The van der Waals surface area contributed by atoms with Crippen LogP contribution in [0.2, 0.25) is 0 Å². The number of fused-ring (bicyclic) bond motifs is 8. The minimum atomic E-state index is 0.709. The van der Waals surface area contributed by atoms with Gasteiger partial charge in [-0.1, -0.05) is 164 Å². The number of para-hydroxylation sites is 3. The van der Waals surface area contributed by atoms with E-state index in [1.54, 1.807) is 0 Å². The van der Waals surface area contributed by atoms with Crippen molar-refractivity contribution in [3.8, 4) is 50.7 Å². The standard InChI is InChI=1S/C51H32N4/c1-4-14-34(15-5-1)48-42-21-10-12-22-44(42)53-51(54-48)36-26-24-33(25-27-36)37-28-29-41-45(32-37)52-49(35-16-6-2-7-17-35)43-31-30-40-39-20-11-13-23-46(39)55(50(40)47(41)43)38-18-8-3-9-19-38/h1-32H. The summed E-state index contributed by atoms with van der Waals surface area (Å²) in [5.41, 5.74) is 12.7. The molecule has 0 saturated heterocycles. The van der Waals surface area contributed by atoms with E-state index in [1.165, 1.54) is 27.2 Å². The van der Waals surface area contributed by atoms with Crippen LogP contribution < -0.4 is 0 Å². The van der Waals surface area contributed by atoms with Gasteiger partial charge in [0.15, 0.2) is 5.82 Å². The Morgan fingerprint density at radius 1 is 0.327 bits per heavy atom. The van der Waals surface area contributed by atoms with Crippen LogP contribution in [0.5, 0.6) is 0 Å². The predicted octanol–water partition coefficient (Wildman–Crippen LogP) is 13.1. The van der Waals surface area contributed by atoms with Gasteiger partial charge in [-0.2, -0.15) is 0 Å². The average Bonchev–Trinajstić information content (AvgIpc) is 3.61. The molecular weight excluding hydrogens is 669 g/mol. The lowest BCUT2D eigenvalue weighted by Crippen LogP contribution is -1.96. The van der Waals surface area contributed by atoms with Crippen molar-refractivity contribution in [2.24, 2.45) is 0 Å². The van der Waals surface area contributed by atoms with Crippen molar-refractivity contribution in [2.45, 2.75) is 0 Å². The maximum absolute atomic E-state index is 5.43. The third-order valence-electron chi connectivity index (χ3n) is 10.8. The molecule has 3 aromatic heterocycles. The molecule has 256 valence electrons. The Hall–Kier alpha value is -7.43. The van der Waals surface area contributed by atoms with Crippen molar-refractivity contribution in [2.75, 3.05) is 0 Å². The fourth-order valence-electron chi connectivity index (χ4n) is 8.22. The zero-order valence-electron chi connectivity index (χ0n) is 29.8. The number of benzene rings is 8. The molecule has 0 atom stereocenters. The fraction of sp³-hybridized carbons (Fsp3) is 0. The molecule has 0 fully saturated rings. The van der Waals surface area contributed by atoms with Gasteiger partial charge in [0, 0.05) is 54.7 Å². The highest BCUT2D eigenvalue weighted by Crippen LogP contribution is 2.42. The van der Waals surface area contributed by atoms with Crippen LogP contribution in [-0.2, 0) is 0 Å². The highest BCUT2D eigenvalue weighted by atomic mass is 15.0. The molecule has 0 spiro atoms. The summed E-state index contributed by atoms with van der Waals surface area (Å²) in [5, 5.41) is 6.96. The molecule has 0 radical (unpaired) electrons. The monoisotopic (exact) mass is 700 g/mol. The van der Waals surface area contributed by atoms with Crippen LogP contribution in [-0.4, -0.2) is 19.5 Å². The van der Waals surface area contributed by atoms with Crippen LogP contribution in [0.1, 0.15) is 0 Å². The Balaban J connectivity index is 1.11. The lowest BCUT2D eigenvalue weighted by molar-refractivity contribution is 1.19. The van der Waals surface area contributed by atoms with Gasteiger partial charge in [-0.25, -0.2) is 15.0 Å². The lowest BCUT2D eigenvalue weighted by atomic mass is 9.95. The second-order valence-electron chi connectivity index (χ2n) is 14.0. The van der Waals surface area contributed by atoms with Crippen molar-refractivity contribution >= 4 is 54.4 Å². The van der Waals surface area contributed by atoms with Crippen molar-refractivity contribution in [3.05, 3.63) is 194 Å². The molecule has 0 N–H and O–H groups in total. The van der Waals surface area contributed by atoms with Gasteiger partial charge in [-0.3, -0.25) is 0 Å². The molecule has 8 aromatic carbocycles. The first-order valence-electron chi connectivity index (χ1n) is 18.6. The lowest BCUT2D eigenvalue weighted by Gasteiger charge is -2.15. The van der Waals surface area contributed by atoms with E-state index in [4.69, 9.17) is 15.0 Å². The SMILES string of the molecule is c1ccc(-c2nc(-c3ccc(-c4ccc5c(c4)nc(-c4ccccc4)c4ccc6c7ccccc7n(-c7ccccc7)c6c45)cc3)nc3ccccc23)cc1. The smallest absolute Gasteiger partial charge is 0.160 e. The number of aromatic nitrogens is 4. The van der Waals surface area contributed by atoms with E-state index in [0.29, 0.717) is 5.82 Å². The summed E-state index contributed by atoms with van der Waals surface area (Å²) < 4.78 is 2.42. The van der Waals surface area contributed by atoms with Gasteiger partial charge in [0.05, 0.1) is 33.5 Å². The van der Waals surface area contributed by atoms with Gasteiger partial charge < -0.3 is 4.57 Å². The van der Waals surface area contributed by atoms with Gasteiger partial charge in [-0.05, 0) is 41.5 Å². The van der Waals surface area contributed by atoms with E-state index < -0.39 is 0 Å². The summed E-state index contributed by atoms with van der Waals surface area (Å²) in [6.07, 6.45) is 0. The molecule has 0 aliphatic carbocycles. The molecule has 0 aliphatic rings. The van der Waals surface area contributed by atoms with Gasteiger partial charge in [-0.15, -0.1) is 0 Å². The third-order valence-corrected chi connectivity index (χ3v) is 10.8. The molecule has 3 heterocycles. The second kappa shape index (κ2) is 12.6. The topological polar surface area (TPSA) is 43.6 Å². The average molecular weight is 701 g/mol. The Kier molecular flexibility index (Phi) is 7.14. The number of hydrogen-bond donors (Lipinski definition) is 0. The maximum Gasteiger partial charge on any atom is 0.160 e. The first-order valence-corrected chi connectivity index (χ1v) is 18.6. The van der Waals surface area contributed by atoms with Gasteiger partial charge in [0.25, 0.3) is 0 Å². The van der Waals surface area contributed by atoms with Crippen molar-refractivity contribution < 1.29 is 0 Å². The van der Waals surface area contributed by atoms with E-state index >= 15 is 0 Å². The minimum Gasteiger partial charge on any atom is -0.309 e. The van der Waals surface area contributed by atoms with E-state index in [9.17, 15) is 0 Å². The third kappa shape index (κ3) is 5.11. The van der Waals surface area contributed by atoms with Crippen LogP contribution in [0.15, 0.2) is 194 Å². The van der Waals surface area contributed by atoms with Crippen LogP contribution in [0, 0.1) is 0 Å². The van der Waals surface area contributed by atoms with E-state index in [0.717, 1.165) is 72.1 Å². The predicted molar refractivity (Wildman–Crippen MR) is 228 cm³/mol. The normalized spacial score (nSPS) is 11.6. The number of rotatable bonds is 5. The Morgan fingerprint density at radius 2 is 0.891 bits per heavy atom. The maximum atomic E-state index is 5.43. The fourth-order valence-corrected chi connectivity index (χ4v) is 8.22. The molecule has 11 rings (SSSR count). The van der Waals surface area contributed by atoms with Crippen molar-refractivity contribution in [3.63, 3.8) is 0 Å². The summed E-state index contributed by atoms with van der Waals surface area (Å²) in [4.78, 5) is 15.5. The Labute approximate surface area is 317 Å². The molecule has 55 heavy (non-hydrogen) atoms. The summed E-state index contributed by atoms with van der Waals surface area (Å²) in [6.45, 7) is 0. The van der Waals surface area contributed by atoms with Crippen LogP contribution in [0.4, 0.5) is 0 Å². The van der Waals surface area contributed by atoms with E-state index in [-0.39, 0.29) is 0 Å². The van der Waals surface area contributed by atoms with E-state index in [1.807, 2.05) is 18.2 Å². The summed E-state index contributed by atoms with van der Waals surface area (Å²) in [5.74, 6) is 0.709. The highest BCUT2D eigenvalue weighted by molar-refractivity contribution is 6.27. The molecule has 0 unspecified atom stereocenters. The van der Waals surface area contributed by atoms with Crippen LogP contribution >= 0.6 is 0 Å². The summed E-state index contributed by atoms with van der Waals surface area (Å²) in [7, 11) is 0. The Morgan fingerprint density at radius 3 is 1.64 bits per heavy atom. The Bertz CT molecular complexity index is 3220. The number of pyridine rings is 1. The molecule has 4 nitrogen and oxygen atoms in total. The van der Waals surface area contributed by atoms with Gasteiger partial charge in [0.2, 0.25) is 0 Å². The summed E-state index contributed by atoms with van der Waals surface area (Å²) in [6, 6.07) is 68.4. The first-order chi connectivity index (χ1) is 27.3. The quantitative estimate of drug-likeness (QED) is 0.168. The molecule has 11 aromatic rings. The molecule has 0 aliphatic heterocycles. The van der Waals surface area contributed by atoms with Crippen LogP contribution in [0.3, 0.4) is 0 Å². The minimum absolute atomic E-state index is 0.709. The zero-order valence-corrected chi connectivity index (χ0v) is 29.8. The molecule has 4 heteroatoms. The van der Waals surface area contributed by atoms with E-state index in [2.05, 4.69) is 180 Å². The van der Waals surface area contributed by atoms with Gasteiger partial charge in [0.1, 0.15) is 0 Å². The largest absolute Gasteiger partial charge is 0.309 e. The van der Waals surface area contributed by atoms with Crippen LogP contribution in [0.25, 0.3) is 105 Å². The molecule has 0 saturated carbocycles. The van der Waals surface area contributed by atoms with Gasteiger partial charge >= 0.3 is 0 Å². The number of hydrogen-bond acceptors (Lipinski definition) is 3. The highest BCUT2D eigenvalue weighted by Gasteiger charge is 2.20. The molecule has 0 bridgehead atoms. The second-order valence-corrected chi connectivity index (χ2v) is 14.0. The first kappa shape index (κ1) is 31.1. The summed E-state index contributed by atoms with van der Waals surface area (Å²) >= 11 is 0. The number of nitrogens with zero attached hydrogens (tertiary/aromatic N) is 4.